The monoisotopic (exact) mass is 333 g/mol. The summed E-state index contributed by atoms with van der Waals surface area (Å²) in [6, 6.07) is 8.69. The number of nitrogens with zero attached hydrogens (tertiary/aromatic N) is 1. The minimum Gasteiger partial charge on any atom is -0.352 e. The fourth-order valence-corrected chi connectivity index (χ4v) is 2.69. The number of amides is 2. The molecule has 1 fully saturated rings. The van der Waals surface area contributed by atoms with Gasteiger partial charge in [0.05, 0.1) is 0 Å². The van der Waals surface area contributed by atoms with E-state index in [-0.39, 0.29) is 23.6 Å². The van der Waals surface area contributed by atoms with Crippen LogP contribution in [0.1, 0.15) is 29.8 Å². The molecule has 2 aromatic rings. The highest BCUT2D eigenvalue weighted by Gasteiger charge is 2.20. The fourth-order valence-electron chi connectivity index (χ4n) is 2.50. The minimum absolute atomic E-state index is 0.0263. The van der Waals surface area contributed by atoms with Gasteiger partial charge in [0, 0.05) is 35.7 Å². The van der Waals surface area contributed by atoms with Crippen LogP contribution >= 0.6 is 11.6 Å². The average molecular weight is 334 g/mol. The van der Waals surface area contributed by atoms with Gasteiger partial charge in [-0.15, -0.1) is 0 Å². The summed E-state index contributed by atoms with van der Waals surface area (Å²) in [6.07, 6.45) is 2.25. The zero-order valence-electron chi connectivity index (χ0n) is 12.3. The summed E-state index contributed by atoms with van der Waals surface area (Å²) in [5.74, 6) is -0.203. The van der Waals surface area contributed by atoms with Crippen LogP contribution in [0.25, 0.3) is 11.3 Å². The number of halogens is 1. The number of piperidine rings is 1. The highest BCUT2D eigenvalue weighted by Crippen LogP contribution is 2.22. The first-order chi connectivity index (χ1) is 11.1. The molecule has 0 unspecified atom stereocenters. The van der Waals surface area contributed by atoms with Gasteiger partial charge in [0.25, 0.3) is 5.91 Å². The van der Waals surface area contributed by atoms with Crippen LogP contribution in [0.5, 0.6) is 0 Å². The normalized spacial score (nSPS) is 17.6. The molecule has 23 heavy (non-hydrogen) atoms. The van der Waals surface area contributed by atoms with Gasteiger partial charge in [-0.05, 0) is 25.0 Å². The van der Waals surface area contributed by atoms with Gasteiger partial charge < -0.3 is 15.2 Å². The average Bonchev–Trinajstić information content (AvgIpc) is 3.03. The van der Waals surface area contributed by atoms with E-state index in [0.29, 0.717) is 23.7 Å². The van der Waals surface area contributed by atoms with Gasteiger partial charge in [-0.25, -0.2) is 0 Å². The van der Waals surface area contributed by atoms with E-state index in [4.69, 9.17) is 16.1 Å². The summed E-state index contributed by atoms with van der Waals surface area (Å²) >= 11 is 5.94. The molecule has 1 aliphatic heterocycles. The molecule has 1 atom stereocenters. The van der Waals surface area contributed by atoms with E-state index >= 15 is 0 Å². The Balaban J connectivity index is 1.61. The summed E-state index contributed by atoms with van der Waals surface area (Å²) < 4.78 is 5.09. The molecule has 0 saturated carbocycles. The van der Waals surface area contributed by atoms with Gasteiger partial charge >= 0.3 is 0 Å². The summed E-state index contributed by atoms with van der Waals surface area (Å²) in [6.45, 7) is 0.373. The van der Waals surface area contributed by atoms with Crippen LogP contribution in [0.2, 0.25) is 5.02 Å². The SMILES string of the molecule is O=C1CCC[C@H](CNC(=O)c2cc(-c3cccc(Cl)c3)no2)N1. The quantitative estimate of drug-likeness (QED) is 0.899. The highest BCUT2D eigenvalue weighted by molar-refractivity contribution is 6.30. The predicted octanol–water partition coefficient (Wildman–Crippen LogP) is 2.39. The van der Waals surface area contributed by atoms with Gasteiger partial charge in [0.2, 0.25) is 11.7 Å². The van der Waals surface area contributed by atoms with Crippen LogP contribution in [0.4, 0.5) is 0 Å². The smallest absolute Gasteiger partial charge is 0.289 e. The van der Waals surface area contributed by atoms with Crippen molar-refractivity contribution < 1.29 is 14.1 Å². The van der Waals surface area contributed by atoms with Crippen molar-refractivity contribution in [1.82, 2.24) is 15.8 Å². The Bertz CT molecular complexity index is 729. The molecule has 6 nitrogen and oxygen atoms in total. The fraction of sp³-hybridized carbons (Fsp3) is 0.312. The van der Waals surface area contributed by atoms with Crippen molar-refractivity contribution in [3.05, 3.63) is 41.1 Å². The molecule has 7 heteroatoms. The number of benzene rings is 1. The van der Waals surface area contributed by atoms with Crippen LogP contribution in [0.3, 0.4) is 0 Å². The first kappa shape index (κ1) is 15.6. The summed E-state index contributed by atoms with van der Waals surface area (Å²) in [4.78, 5) is 23.4. The van der Waals surface area contributed by atoms with Crippen LogP contribution in [0, 0.1) is 0 Å². The van der Waals surface area contributed by atoms with Crippen molar-refractivity contribution >= 4 is 23.4 Å². The number of nitrogens with one attached hydrogen (secondary N) is 2. The third kappa shape index (κ3) is 3.90. The molecule has 1 aromatic carbocycles. The molecule has 0 bridgehead atoms. The second-order valence-electron chi connectivity index (χ2n) is 5.45. The van der Waals surface area contributed by atoms with Gasteiger partial charge in [0.15, 0.2) is 0 Å². The van der Waals surface area contributed by atoms with E-state index in [1.807, 2.05) is 6.07 Å². The number of rotatable bonds is 4. The van der Waals surface area contributed by atoms with Gasteiger partial charge in [-0.1, -0.05) is 28.9 Å². The second kappa shape index (κ2) is 6.83. The minimum atomic E-state index is -0.356. The zero-order valence-corrected chi connectivity index (χ0v) is 13.1. The zero-order chi connectivity index (χ0) is 16.2. The van der Waals surface area contributed by atoms with E-state index in [1.54, 1.807) is 24.3 Å². The molecule has 1 aliphatic rings. The Morgan fingerprint density at radius 1 is 1.43 bits per heavy atom. The Morgan fingerprint density at radius 2 is 2.30 bits per heavy atom. The molecule has 2 N–H and O–H groups in total. The first-order valence-electron chi connectivity index (χ1n) is 7.42. The number of aromatic nitrogens is 1. The number of hydrogen-bond donors (Lipinski definition) is 2. The molecule has 3 rings (SSSR count). The maximum absolute atomic E-state index is 12.1. The lowest BCUT2D eigenvalue weighted by atomic mass is 10.0. The predicted molar refractivity (Wildman–Crippen MR) is 85.1 cm³/mol. The molecule has 1 aromatic heterocycles. The number of hydrogen-bond acceptors (Lipinski definition) is 4. The largest absolute Gasteiger partial charge is 0.352 e. The molecule has 2 amide bonds. The van der Waals surface area contributed by atoms with Crippen LogP contribution < -0.4 is 10.6 Å². The lowest BCUT2D eigenvalue weighted by Crippen LogP contribution is -2.46. The third-order valence-electron chi connectivity index (χ3n) is 3.68. The molecular weight excluding hydrogens is 318 g/mol. The van der Waals surface area contributed by atoms with E-state index in [0.717, 1.165) is 18.4 Å². The van der Waals surface area contributed by atoms with E-state index in [1.165, 1.54) is 0 Å². The lowest BCUT2D eigenvalue weighted by molar-refractivity contribution is -0.123. The molecule has 1 saturated heterocycles. The highest BCUT2D eigenvalue weighted by atomic mass is 35.5. The molecule has 0 aliphatic carbocycles. The summed E-state index contributed by atoms with van der Waals surface area (Å²) in [5.41, 5.74) is 1.32. The maximum atomic E-state index is 12.1. The Kier molecular flexibility index (Phi) is 4.62. The van der Waals surface area contributed by atoms with Gasteiger partial charge in [0.1, 0.15) is 5.69 Å². The number of carbonyl (C=O) groups excluding carboxylic acids is 2. The third-order valence-corrected chi connectivity index (χ3v) is 3.92. The molecule has 120 valence electrons. The van der Waals surface area contributed by atoms with Gasteiger partial charge in [-0.3, -0.25) is 9.59 Å². The van der Waals surface area contributed by atoms with Crippen molar-refractivity contribution in [2.45, 2.75) is 25.3 Å². The summed E-state index contributed by atoms with van der Waals surface area (Å²) in [5, 5.41) is 10.1. The standard InChI is InChI=1S/C16H16ClN3O3/c17-11-4-1-3-10(7-11)13-8-14(23-20-13)16(22)18-9-12-5-2-6-15(21)19-12/h1,3-4,7-8,12H,2,5-6,9H2,(H,18,22)(H,19,21)/t12-/m1/s1. The lowest BCUT2D eigenvalue weighted by Gasteiger charge is -2.23. The van der Waals surface area contributed by atoms with Crippen molar-refractivity contribution in [3.63, 3.8) is 0 Å². The van der Waals surface area contributed by atoms with Crippen molar-refractivity contribution in [2.75, 3.05) is 6.54 Å². The van der Waals surface area contributed by atoms with Crippen molar-refractivity contribution in [2.24, 2.45) is 0 Å². The Labute approximate surface area is 138 Å². The maximum Gasteiger partial charge on any atom is 0.289 e. The molecular formula is C16H16ClN3O3. The van der Waals surface area contributed by atoms with Crippen molar-refractivity contribution in [3.8, 4) is 11.3 Å². The number of carbonyl (C=O) groups is 2. The molecule has 0 spiro atoms. The van der Waals surface area contributed by atoms with Crippen LogP contribution in [-0.4, -0.2) is 29.6 Å². The first-order valence-corrected chi connectivity index (χ1v) is 7.80. The Morgan fingerprint density at radius 3 is 3.09 bits per heavy atom. The summed E-state index contributed by atoms with van der Waals surface area (Å²) in [7, 11) is 0. The van der Waals surface area contributed by atoms with Gasteiger partial charge in [-0.2, -0.15) is 0 Å². The topological polar surface area (TPSA) is 84.2 Å². The van der Waals surface area contributed by atoms with E-state index < -0.39 is 0 Å². The van der Waals surface area contributed by atoms with Crippen molar-refractivity contribution in [1.29, 1.82) is 0 Å². The van der Waals surface area contributed by atoms with Crippen LogP contribution in [0.15, 0.2) is 34.9 Å². The van der Waals surface area contributed by atoms with Crippen LogP contribution in [-0.2, 0) is 4.79 Å². The molecule has 2 heterocycles. The molecule has 0 radical (unpaired) electrons. The second-order valence-corrected chi connectivity index (χ2v) is 5.89. The Hall–Kier alpha value is -2.34. The van der Waals surface area contributed by atoms with E-state index in [9.17, 15) is 9.59 Å². The van der Waals surface area contributed by atoms with E-state index in [2.05, 4.69) is 15.8 Å².